The third kappa shape index (κ3) is 4.99. The van der Waals surface area contributed by atoms with Gasteiger partial charge in [0.25, 0.3) is 17.5 Å². The molecule has 0 spiro atoms. The zero-order chi connectivity index (χ0) is 22.4. The van der Waals surface area contributed by atoms with E-state index in [0.717, 1.165) is 11.6 Å². The van der Waals surface area contributed by atoms with Crippen LogP contribution in [0.15, 0.2) is 59.2 Å². The third-order valence-electron chi connectivity index (χ3n) is 4.35. The smallest absolute Gasteiger partial charge is 0.291 e. The number of hydrogen-bond donors (Lipinski definition) is 2. The monoisotopic (exact) mass is 425 g/mol. The van der Waals surface area contributed by atoms with Gasteiger partial charge in [-0.05, 0) is 29.8 Å². The second-order valence-corrected chi connectivity index (χ2v) is 6.29. The molecule has 0 saturated carbocycles. The summed E-state index contributed by atoms with van der Waals surface area (Å²) >= 11 is 0. The Labute approximate surface area is 176 Å². The molecule has 0 aliphatic heterocycles. The number of hydrogen-bond acceptors (Lipinski definition) is 7. The van der Waals surface area contributed by atoms with Crippen LogP contribution in [-0.2, 0) is 6.54 Å². The zero-order valence-corrected chi connectivity index (χ0v) is 16.7. The normalized spacial score (nSPS) is 10.3. The number of nitrogens with one attached hydrogen (secondary N) is 2. The molecule has 31 heavy (non-hydrogen) atoms. The SMILES string of the molecule is COc1cc(C(=O)NCc2ccc(NC(=O)c3ccco3)cc2)c([N+](=O)[O-])cc1OC. The molecule has 0 fully saturated rings. The van der Waals surface area contributed by atoms with Gasteiger partial charge in [0.15, 0.2) is 17.3 Å². The second-order valence-electron chi connectivity index (χ2n) is 6.29. The van der Waals surface area contributed by atoms with Gasteiger partial charge < -0.3 is 24.5 Å². The topological polar surface area (TPSA) is 133 Å². The van der Waals surface area contributed by atoms with Crippen molar-refractivity contribution in [2.75, 3.05) is 19.5 Å². The van der Waals surface area contributed by atoms with E-state index in [0.29, 0.717) is 5.69 Å². The van der Waals surface area contributed by atoms with Crippen LogP contribution in [0.4, 0.5) is 11.4 Å². The maximum Gasteiger partial charge on any atom is 0.291 e. The average molecular weight is 425 g/mol. The Balaban J connectivity index is 1.68. The summed E-state index contributed by atoms with van der Waals surface area (Å²) in [6, 6.07) is 12.3. The first-order valence-corrected chi connectivity index (χ1v) is 9.05. The zero-order valence-electron chi connectivity index (χ0n) is 16.7. The Morgan fingerprint density at radius 2 is 1.71 bits per heavy atom. The number of nitro groups is 1. The van der Waals surface area contributed by atoms with Crippen molar-refractivity contribution in [2.24, 2.45) is 0 Å². The minimum absolute atomic E-state index is 0.122. The fraction of sp³-hybridized carbons (Fsp3) is 0.143. The molecule has 0 aliphatic carbocycles. The molecular formula is C21H19N3O7. The van der Waals surface area contributed by atoms with Crippen LogP contribution in [0.1, 0.15) is 26.5 Å². The lowest BCUT2D eigenvalue weighted by Crippen LogP contribution is -2.24. The van der Waals surface area contributed by atoms with Gasteiger partial charge in [-0.3, -0.25) is 19.7 Å². The summed E-state index contributed by atoms with van der Waals surface area (Å²) in [4.78, 5) is 35.3. The van der Waals surface area contributed by atoms with Crippen LogP contribution in [0.2, 0.25) is 0 Å². The predicted molar refractivity (Wildman–Crippen MR) is 110 cm³/mol. The fourth-order valence-corrected chi connectivity index (χ4v) is 2.79. The highest BCUT2D eigenvalue weighted by atomic mass is 16.6. The number of rotatable bonds is 8. The van der Waals surface area contributed by atoms with Crippen LogP contribution in [0, 0.1) is 10.1 Å². The van der Waals surface area contributed by atoms with Crippen LogP contribution in [0.3, 0.4) is 0 Å². The van der Waals surface area contributed by atoms with Crippen LogP contribution in [0.5, 0.6) is 11.5 Å². The molecule has 160 valence electrons. The molecule has 1 heterocycles. The summed E-state index contributed by atoms with van der Waals surface area (Å²) in [5, 5.41) is 16.7. The van der Waals surface area contributed by atoms with Crippen molar-refractivity contribution < 1.29 is 28.4 Å². The van der Waals surface area contributed by atoms with E-state index >= 15 is 0 Å². The quantitative estimate of drug-likeness (QED) is 0.417. The first kappa shape index (κ1) is 21.4. The summed E-state index contributed by atoms with van der Waals surface area (Å²) in [5.74, 6) is -0.477. The molecule has 2 aromatic carbocycles. The number of amides is 2. The van der Waals surface area contributed by atoms with E-state index < -0.39 is 16.5 Å². The van der Waals surface area contributed by atoms with Crippen molar-refractivity contribution in [1.29, 1.82) is 0 Å². The average Bonchev–Trinajstić information content (AvgIpc) is 3.32. The highest BCUT2D eigenvalue weighted by Gasteiger charge is 2.24. The summed E-state index contributed by atoms with van der Waals surface area (Å²) in [6.45, 7) is 0.122. The van der Waals surface area contributed by atoms with Crippen molar-refractivity contribution >= 4 is 23.2 Å². The number of carbonyl (C=O) groups is 2. The molecule has 3 rings (SSSR count). The minimum atomic E-state index is -0.659. The van der Waals surface area contributed by atoms with Gasteiger partial charge in [0.2, 0.25) is 0 Å². The summed E-state index contributed by atoms with van der Waals surface area (Å²) < 4.78 is 15.2. The molecule has 10 heteroatoms. The van der Waals surface area contributed by atoms with Crippen molar-refractivity contribution in [3.63, 3.8) is 0 Å². The standard InChI is InChI=1S/C21H19N3O7/c1-29-18-10-15(16(24(27)28)11-19(18)30-2)20(25)22-12-13-5-7-14(8-6-13)23-21(26)17-4-3-9-31-17/h3-11H,12H2,1-2H3,(H,22,25)(H,23,26). The Morgan fingerprint density at radius 3 is 2.29 bits per heavy atom. The lowest BCUT2D eigenvalue weighted by Gasteiger charge is -2.11. The van der Waals surface area contributed by atoms with E-state index in [9.17, 15) is 19.7 Å². The van der Waals surface area contributed by atoms with E-state index in [1.807, 2.05) is 0 Å². The number of nitrogens with zero attached hydrogens (tertiary/aromatic N) is 1. The van der Waals surface area contributed by atoms with E-state index in [1.54, 1.807) is 36.4 Å². The molecular weight excluding hydrogens is 406 g/mol. The minimum Gasteiger partial charge on any atom is -0.493 e. The Bertz CT molecular complexity index is 1090. The predicted octanol–water partition coefficient (Wildman–Crippen LogP) is 3.39. The van der Waals surface area contributed by atoms with Gasteiger partial charge in [0.1, 0.15) is 5.56 Å². The molecule has 0 saturated heterocycles. The molecule has 0 bridgehead atoms. The summed E-state index contributed by atoms with van der Waals surface area (Å²) in [7, 11) is 2.72. The maximum absolute atomic E-state index is 12.6. The Morgan fingerprint density at radius 1 is 1.03 bits per heavy atom. The van der Waals surface area contributed by atoms with Gasteiger partial charge in [-0.1, -0.05) is 12.1 Å². The van der Waals surface area contributed by atoms with Crippen molar-refractivity contribution in [2.45, 2.75) is 6.54 Å². The van der Waals surface area contributed by atoms with E-state index in [1.165, 1.54) is 26.5 Å². The molecule has 1 aromatic heterocycles. The van der Waals surface area contributed by atoms with E-state index in [2.05, 4.69) is 10.6 Å². The highest BCUT2D eigenvalue weighted by Crippen LogP contribution is 2.34. The number of ether oxygens (including phenoxy) is 2. The number of nitro benzene ring substituents is 1. The largest absolute Gasteiger partial charge is 0.493 e. The number of carbonyl (C=O) groups excluding carboxylic acids is 2. The van der Waals surface area contributed by atoms with Crippen LogP contribution in [-0.4, -0.2) is 31.0 Å². The van der Waals surface area contributed by atoms with Crippen LogP contribution >= 0.6 is 0 Å². The lowest BCUT2D eigenvalue weighted by atomic mass is 10.1. The van der Waals surface area contributed by atoms with Crippen LogP contribution in [0.25, 0.3) is 0 Å². The maximum atomic E-state index is 12.6. The van der Waals surface area contributed by atoms with Gasteiger partial charge in [0.05, 0.1) is 31.5 Å². The molecule has 0 unspecified atom stereocenters. The lowest BCUT2D eigenvalue weighted by molar-refractivity contribution is -0.385. The van der Waals surface area contributed by atoms with Crippen molar-refractivity contribution in [1.82, 2.24) is 5.32 Å². The third-order valence-corrected chi connectivity index (χ3v) is 4.35. The number of anilines is 1. The molecule has 2 N–H and O–H groups in total. The van der Waals surface area contributed by atoms with Gasteiger partial charge in [0, 0.05) is 18.3 Å². The van der Waals surface area contributed by atoms with E-state index in [-0.39, 0.29) is 35.3 Å². The summed E-state index contributed by atoms with van der Waals surface area (Å²) in [6.07, 6.45) is 1.41. The fourth-order valence-electron chi connectivity index (χ4n) is 2.79. The van der Waals surface area contributed by atoms with Gasteiger partial charge in [-0.25, -0.2) is 0 Å². The molecule has 2 amide bonds. The number of furan rings is 1. The van der Waals surface area contributed by atoms with Crippen molar-refractivity contribution in [3.05, 3.63) is 81.8 Å². The van der Waals surface area contributed by atoms with E-state index in [4.69, 9.17) is 13.9 Å². The first-order valence-electron chi connectivity index (χ1n) is 9.05. The van der Waals surface area contributed by atoms with Gasteiger partial charge in [-0.2, -0.15) is 0 Å². The molecule has 0 atom stereocenters. The Hall–Kier alpha value is -4.34. The molecule has 3 aromatic rings. The van der Waals surface area contributed by atoms with Gasteiger partial charge in [-0.15, -0.1) is 0 Å². The summed E-state index contributed by atoms with van der Waals surface area (Å²) in [5.41, 5.74) is 0.732. The van der Waals surface area contributed by atoms with Crippen molar-refractivity contribution in [3.8, 4) is 11.5 Å². The molecule has 0 aliphatic rings. The molecule has 10 nitrogen and oxygen atoms in total. The van der Waals surface area contributed by atoms with Gasteiger partial charge >= 0.3 is 0 Å². The number of benzene rings is 2. The first-order chi connectivity index (χ1) is 14.9. The van der Waals surface area contributed by atoms with Crippen LogP contribution < -0.4 is 20.1 Å². The number of methoxy groups -OCH3 is 2. The highest BCUT2D eigenvalue weighted by molar-refractivity contribution is 6.02. The second kappa shape index (κ2) is 9.44. The Kier molecular flexibility index (Phi) is 6.51. The molecule has 0 radical (unpaired) electrons.